The van der Waals surface area contributed by atoms with Gasteiger partial charge >= 0.3 is 0 Å². The fourth-order valence-electron chi connectivity index (χ4n) is 2.89. The van der Waals surface area contributed by atoms with Gasteiger partial charge in [-0.05, 0) is 55.5 Å². The second kappa shape index (κ2) is 10.0. The molecule has 1 N–H and O–H groups in total. The Balaban J connectivity index is 1.99. The maximum absolute atomic E-state index is 13.4. The van der Waals surface area contributed by atoms with Crippen molar-refractivity contribution >= 4 is 62.1 Å². The van der Waals surface area contributed by atoms with Crippen molar-refractivity contribution in [1.29, 1.82) is 0 Å². The Labute approximate surface area is 201 Å². The van der Waals surface area contributed by atoms with Crippen molar-refractivity contribution in [3.05, 3.63) is 81.3 Å². The lowest BCUT2D eigenvalue weighted by molar-refractivity contribution is -0.114. The number of anilines is 2. The van der Waals surface area contributed by atoms with E-state index in [0.29, 0.717) is 16.5 Å². The van der Waals surface area contributed by atoms with E-state index in [-0.39, 0.29) is 20.6 Å². The maximum Gasteiger partial charge on any atom is 0.264 e. The SMILES string of the molecule is COc1ccc(Cl)cc1NC(=O)CN(c1ccc(Cl)c(Cl)c1)S(=O)(=O)c1ccc(C)cc1. The molecule has 0 atom stereocenters. The molecule has 3 aromatic rings. The number of hydrogen-bond donors (Lipinski definition) is 1. The zero-order valence-corrected chi connectivity index (χ0v) is 20.2. The van der Waals surface area contributed by atoms with Gasteiger partial charge in [-0.1, -0.05) is 52.5 Å². The third kappa shape index (κ3) is 5.48. The average Bonchev–Trinajstić information content (AvgIpc) is 2.74. The number of methoxy groups -OCH3 is 1. The number of halogens is 3. The van der Waals surface area contributed by atoms with Crippen molar-refractivity contribution in [3.63, 3.8) is 0 Å². The van der Waals surface area contributed by atoms with Gasteiger partial charge in [-0.3, -0.25) is 9.10 Å². The summed E-state index contributed by atoms with van der Waals surface area (Å²) in [6, 6.07) is 15.4. The molecule has 0 fully saturated rings. The topological polar surface area (TPSA) is 75.7 Å². The number of rotatable bonds is 7. The highest BCUT2D eigenvalue weighted by molar-refractivity contribution is 7.92. The molecule has 3 rings (SSSR count). The minimum absolute atomic E-state index is 0.0299. The van der Waals surface area contributed by atoms with Crippen LogP contribution in [0.4, 0.5) is 11.4 Å². The standard InChI is InChI=1S/C22H19Cl3N2O4S/c1-14-3-7-17(8-4-14)32(29,30)27(16-6-9-18(24)19(25)12-16)13-22(28)26-20-11-15(23)5-10-21(20)31-2/h3-12H,13H2,1-2H3,(H,26,28). The summed E-state index contributed by atoms with van der Waals surface area (Å²) in [7, 11) is -2.65. The van der Waals surface area contributed by atoms with E-state index in [9.17, 15) is 13.2 Å². The van der Waals surface area contributed by atoms with Crippen LogP contribution in [0.15, 0.2) is 65.6 Å². The Morgan fingerprint density at radius 1 is 0.969 bits per heavy atom. The predicted molar refractivity (Wildman–Crippen MR) is 129 cm³/mol. The third-order valence-electron chi connectivity index (χ3n) is 4.52. The van der Waals surface area contributed by atoms with E-state index in [2.05, 4.69) is 5.32 Å². The lowest BCUT2D eigenvalue weighted by atomic mass is 10.2. The molecule has 168 valence electrons. The third-order valence-corrected chi connectivity index (χ3v) is 7.29. The van der Waals surface area contributed by atoms with E-state index in [1.54, 1.807) is 24.3 Å². The first-order valence-corrected chi connectivity index (χ1v) is 11.9. The molecule has 0 heterocycles. The van der Waals surface area contributed by atoms with Crippen molar-refractivity contribution in [2.24, 2.45) is 0 Å². The van der Waals surface area contributed by atoms with Crippen LogP contribution in [-0.2, 0) is 14.8 Å². The number of carbonyl (C=O) groups excluding carboxylic acids is 1. The van der Waals surface area contributed by atoms with Crippen LogP contribution in [0.3, 0.4) is 0 Å². The number of nitrogens with zero attached hydrogens (tertiary/aromatic N) is 1. The number of sulfonamides is 1. The highest BCUT2D eigenvalue weighted by Crippen LogP contribution is 2.31. The largest absolute Gasteiger partial charge is 0.495 e. The second-order valence-electron chi connectivity index (χ2n) is 6.82. The first-order chi connectivity index (χ1) is 15.1. The highest BCUT2D eigenvalue weighted by Gasteiger charge is 2.28. The van der Waals surface area contributed by atoms with Gasteiger partial charge in [-0.25, -0.2) is 8.42 Å². The van der Waals surface area contributed by atoms with Crippen LogP contribution in [0.1, 0.15) is 5.56 Å². The van der Waals surface area contributed by atoms with Crippen molar-refractivity contribution in [1.82, 2.24) is 0 Å². The summed E-state index contributed by atoms with van der Waals surface area (Å²) in [6.45, 7) is 1.32. The Morgan fingerprint density at radius 2 is 1.66 bits per heavy atom. The van der Waals surface area contributed by atoms with Crippen molar-refractivity contribution in [2.75, 3.05) is 23.3 Å². The normalized spacial score (nSPS) is 11.2. The quantitative estimate of drug-likeness (QED) is 0.433. The van der Waals surface area contributed by atoms with E-state index in [0.717, 1.165) is 9.87 Å². The summed E-state index contributed by atoms with van der Waals surface area (Å²) >= 11 is 18.1. The molecule has 0 unspecified atom stereocenters. The molecule has 6 nitrogen and oxygen atoms in total. The molecular weight excluding hydrogens is 495 g/mol. The predicted octanol–water partition coefficient (Wildman–Crippen LogP) is 5.80. The summed E-state index contributed by atoms with van der Waals surface area (Å²) in [5.74, 6) is -0.224. The molecule has 0 saturated heterocycles. The fourth-order valence-corrected chi connectivity index (χ4v) is 4.77. The van der Waals surface area contributed by atoms with Gasteiger partial charge in [-0.2, -0.15) is 0 Å². The van der Waals surface area contributed by atoms with Crippen molar-refractivity contribution in [3.8, 4) is 5.75 Å². The molecule has 10 heteroatoms. The zero-order chi connectivity index (χ0) is 23.5. The molecule has 0 bridgehead atoms. The van der Waals surface area contributed by atoms with Gasteiger partial charge in [-0.15, -0.1) is 0 Å². The molecule has 1 amide bonds. The first-order valence-electron chi connectivity index (χ1n) is 9.29. The van der Waals surface area contributed by atoms with Gasteiger partial charge in [0.1, 0.15) is 12.3 Å². The summed E-state index contributed by atoms with van der Waals surface area (Å²) in [5, 5.41) is 3.45. The summed E-state index contributed by atoms with van der Waals surface area (Å²) in [5.41, 5.74) is 1.40. The van der Waals surface area contributed by atoms with E-state index in [4.69, 9.17) is 39.5 Å². The van der Waals surface area contributed by atoms with Crippen LogP contribution in [0.5, 0.6) is 5.75 Å². The Bertz CT molecular complexity index is 1250. The number of ether oxygens (including phenoxy) is 1. The molecule has 0 spiro atoms. The number of benzene rings is 3. The van der Waals surface area contributed by atoms with Crippen molar-refractivity contribution in [2.45, 2.75) is 11.8 Å². The Morgan fingerprint density at radius 3 is 2.28 bits per heavy atom. The van der Waals surface area contributed by atoms with Gasteiger partial charge in [0.05, 0.1) is 33.4 Å². The lowest BCUT2D eigenvalue weighted by Gasteiger charge is -2.24. The summed E-state index contributed by atoms with van der Waals surface area (Å²) in [6.07, 6.45) is 0. The molecule has 0 aromatic heterocycles. The van der Waals surface area contributed by atoms with Gasteiger partial charge in [0, 0.05) is 5.02 Å². The molecule has 0 aliphatic heterocycles. The van der Waals surface area contributed by atoms with E-state index < -0.39 is 22.5 Å². The van der Waals surface area contributed by atoms with E-state index in [1.165, 1.54) is 43.5 Å². The van der Waals surface area contributed by atoms with Gasteiger partial charge in [0.15, 0.2) is 0 Å². The Kier molecular flexibility index (Phi) is 7.56. The van der Waals surface area contributed by atoms with Crippen LogP contribution >= 0.6 is 34.8 Å². The van der Waals surface area contributed by atoms with Gasteiger partial charge in [0.25, 0.3) is 10.0 Å². The van der Waals surface area contributed by atoms with Crippen LogP contribution in [-0.4, -0.2) is 28.0 Å². The number of carbonyl (C=O) groups is 1. The molecule has 0 aliphatic rings. The molecule has 0 radical (unpaired) electrons. The Hall–Kier alpha value is -2.45. The zero-order valence-electron chi connectivity index (χ0n) is 17.1. The van der Waals surface area contributed by atoms with Gasteiger partial charge in [0.2, 0.25) is 5.91 Å². The van der Waals surface area contributed by atoms with Crippen LogP contribution in [0, 0.1) is 6.92 Å². The molecule has 0 aliphatic carbocycles. The minimum atomic E-state index is -4.10. The average molecular weight is 514 g/mol. The van der Waals surface area contributed by atoms with Crippen LogP contribution in [0.2, 0.25) is 15.1 Å². The first kappa shape index (κ1) is 24.2. The molecular formula is C22H19Cl3N2O4S. The fraction of sp³-hybridized carbons (Fsp3) is 0.136. The molecule has 3 aromatic carbocycles. The maximum atomic E-state index is 13.4. The minimum Gasteiger partial charge on any atom is -0.495 e. The monoisotopic (exact) mass is 512 g/mol. The lowest BCUT2D eigenvalue weighted by Crippen LogP contribution is -2.38. The molecule has 32 heavy (non-hydrogen) atoms. The van der Waals surface area contributed by atoms with E-state index >= 15 is 0 Å². The van der Waals surface area contributed by atoms with Crippen molar-refractivity contribution < 1.29 is 17.9 Å². The highest BCUT2D eigenvalue weighted by atomic mass is 35.5. The second-order valence-corrected chi connectivity index (χ2v) is 9.93. The summed E-state index contributed by atoms with van der Waals surface area (Å²) in [4.78, 5) is 12.9. The number of amides is 1. The number of nitrogens with one attached hydrogen (secondary N) is 1. The molecule has 0 saturated carbocycles. The summed E-state index contributed by atoms with van der Waals surface area (Å²) < 4.78 is 33.1. The number of hydrogen-bond acceptors (Lipinski definition) is 4. The van der Waals surface area contributed by atoms with Crippen LogP contribution < -0.4 is 14.4 Å². The van der Waals surface area contributed by atoms with Crippen LogP contribution in [0.25, 0.3) is 0 Å². The smallest absolute Gasteiger partial charge is 0.264 e. The number of aryl methyl sites for hydroxylation is 1. The van der Waals surface area contributed by atoms with Gasteiger partial charge < -0.3 is 10.1 Å². The van der Waals surface area contributed by atoms with E-state index in [1.807, 2.05) is 6.92 Å².